The summed E-state index contributed by atoms with van der Waals surface area (Å²) in [6.45, 7) is 1.67. The number of nitrogens with one attached hydrogen (secondary N) is 1. The first kappa shape index (κ1) is 22.8. The molecule has 8 heteroatoms. The average Bonchev–Trinajstić information content (AvgIpc) is 2.75. The number of carbonyl (C=O) groups is 1. The van der Waals surface area contributed by atoms with Gasteiger partial charge in [0, 0.05) is 12.2 Å². The molecule has 3 rings (SSSR count). The fraction of sp³-hybridized carbons (Fsp3) is 0.174. The van der Waals surface area contributed by atoms with E-state index in [1.165, 1.54) is 19.2 Å². The van der Waals surface area contributed by atoms with Crippen molar-refractivity contribution in [2.45, 2.75) is 18.4 Å². The van der Waals surface area contributed by atoms with Gasteiger partial charge in [0.2, 0.25) is 15.9 Å². The number of hydrogen-bond donors (Lipinski definition) is 1. The molecule has 1 N–H and O–H groups in total. The lowest BCUT2D eigenvalue weighted by Crippen LogP contribution is -2.37. The lowest BCUT2D eigenvalue weighted by Gasteiger charge is -2.22. The summed E-state index contributed by atoms with van der Waals surface area (Å²) in [5.41, 5.74) is 2.30. The second-order valence-corrected chi connectivity index (χ2v) is 9.31. The smallest absolute Gasteiger partial charge is 0.243 e. The number of halogens is 1. The van der Waals surface area contributed by atoms with Gasteiger partial charge < -0.3 is 10.1 Å². The number of rotatable bonds is 8. The Balaban J connectivity index is 1.84. The Morgan fingerprint density at radius 1 is 1.03 bits per heavy atom. The molecule has 0 atom stereocenters. The molecule has 0 saturated heterocycles. The van der Waals surface area contributed by atoms with E-state index in [2.05, 4.69) is 5.32 Å². The molecule has 1 amide bonds. The number of hydrogen-bond acceptors (Lipinski definition) is 4. The highest BCUT2D eigenvalue weighted by atomic mass is 35.5. The van der Waals surface area contributed by atoms with Crippen LogP contribution in [-0.4, -0.2) is 32.3 Å². The van der Waals surface area contributed by atoms with Crippen molar-refractivity contribution in [3.8, 4) is 5.75 Å². The number of methoxy groups -OCH3 is 1. The second-order valence-electron chi connectivity index (χ2n) is 6.97. The Morgan fingerprint density at radius 3 is 2.32 bits per heavy atom. The summed E-state index contributed by atoms with van der Waals surface area (Å²) in [4.78, 5) is 12.8. The topological polar surface area (TPSA) is 75.7 Å². The number of amides is 1. The fourth-order valence-corrected chi connectivity index (χ4v) is 4.63. The fourth-order valence-electron chi connectivity index (χ4n) is 2.97. The molecule has 6 nitrogen and oxygen atoms in total. The molecule has 0 aromatic heterocycles. The molecule has 3 aromatic carbocycles. The van der Waals surface area contributed by atoms with Crippen molar-refractivity contribution in [2.75, 3.05) is 19.0 Å². The highest BCUT2D eigenvalue weighted by Crippen LogP contribution is 2.27. The summed E-state index contributed by atoms with van der Waals surface area (Å²) < 4.78 is 32.7. The molecule has 31 heavy (non-hydrogen) atoms. The summed E-state index contributed by atoms with van der Waals surface area (Å²) >= 11 is 6.11. The van der Waals surface area contributed by atoms with Crippen LogP contribution in [0.2, 0.25) is 5.02 Å². The lowest BCUT2D eigenvalue weighted by atomic mass is 10.1. The van der Waals surface area contributed by atoms with Crippen LogP contribution in [0.5, 0.6) is 5.75 Å². The molecule has 0 aliphatic carbocycles. The normalized spacial score (nSPS) is 11.4. The first-order valence-corrected chi connectivity index (χ1v) is 11.4. The van der Waals surface area contributed by atoms with Gasteiger partial charge in [0.25, 0.3) is 0 Å². The number of aryl methyl sites for hydroxylation is 1. The van der Waals surface area contributed by atoms with E-state index in [1.54, 1.807) is 36.4 Å². The summed E-state index contributed by atoms with van der Waals surface area (Å²) in [5.74, 6) is 0.000157. The largest absolute Gasteiger partial charge is 0.495 e. The van der Waals surface area contributed by atoms with Crippen LogP contribution >= 0.6 is 11.6 Å². The van der Waals surface area contributed by atoms with Crippen LogP contribution in [0.25, 0.3) is 0 Å². The van der Waals surface area contributed by atoms with Gasteiger partial charge in [-0.2, -0.15) is 4.31 Å². The molecule has 0 spiro atoms. The third-order valence-electron chi connectivity index (χ3n) is 4.62. The monoisotopic (exact) mass is 458 g/mol. The van der Waals surface area contributed by atoms with Gasteiger partial charge in [0.15, 0.2) is 0 Å². The Kier molecular flexibility index (Phi) is 7.33. The van der Waals surface area contributed by atoms with Crippen LogP contribution in [0.3, 0.4) is 0 Å². The zero-order chi connectivity index (χ0) is 22.4. The highest BCUT2D eigenvalue weighted by Gasteiger charge is 2.27. The molecule has 3 aromatic rings. The number of benzene rings is 3. The van der Waals surface area contributed by atoms with Gasteiger partial charge in [0.1, 0.15) is 5.75 Å². The number of sulfonamides is 1. The standard InChI is InChI=1S/C23H23ClN2O4S/c1-17-8-10-18(11-9-17)15-26(31(28,29)20-6-4-3-5-7-20)16-23(27)25-19-12-13-22(30-2)21(24)14-19/h3-14H,15-16H2,1-2H3,(H,25,27). The number of anilines is 1. The maximum atomic E-state index is 13.2. The van der Waals surface area contributed by atoms with Crippen molar-refractivity contribution in [2.24, 2.45) is 0 Å². The summed E-state index contributed by atoms with van der Waals surface area (Å²) in [6.07, 6.45) is 0. The zero-order valence-electron chi connectivity index (χ0n) is 17.2. The van der Waals surface area contributed by atoms with Crippen molar-refractivity contribution < 1.29 is 17.9 Å². The van der Waals surface area contributed by atoms with Crippen LogP contribution in [0.4, 0.5) is 5.69 Å². The van der Waals surface area contributed by atoms with Crippen molar-refractivity contribution in [3.05, 3.63) is 88.9 Å². The molecule has 0 radical (unpaired) electrons. The van der Waals surface area contributed by atoms with Gasteiger partial charge >= 0.3 is 0 Å². The summed E-state index contributed by atoms with van der Waals surface area (Å²) in [6, 6.07) is 20.4. The van der Waals surface area contributed by atoms with Crippen LogP contribution < -0.4 is 10.1 Å². The average molecular weight is 459 g/mol. The first-order valence-electron chi connectivity index (χ1n) is 9.54. The van der Waals surface area contributed by atoms with E-state index in [1.807, 2.05) is 31.2 Å². The molecule has 0 bridgehead atoms. The molecular formula is C23H23ClN2O4S. The number of ether oxygens (including phenoxy) is 1. The molecule has 0 saturated carbocycles. The van der Waals surface area contributed by atoms with Gasteiger partial charge in [-0.1, -0.05) is 59.6 Å². The molecule has 0 unspecified atom stereocenters. The van der Waals surface area contributed by atoms with Gasteiger partial charge in [-0.25, -0.2) is 8.42 Å². The van der Waals surface area contributed by atoms with E-state index in [9.17, 15) is 13.2 Å². The van der Waals surface area contributed by atoms with E-state index in [-0.39, 0.29) is 18.0 Å². The number of carbonyl (C=O) groups excluding carboxylic acids is 1. The van der Waals surface area contributed by atoms with Gasteiger partial charge in [-0.05, 0) is 42.8 Å². The third kappa shape index (κ3) is 5.85. The minimum absolute atomic E-state index is 0.0638. The Labute approximate surface area is 187 Å². The van der Waals surface area contributed by atoms with E-state index in [4.69, 9.17) is 16.3 Å². The van der Waals surface area contributed by atoms with Gasteiger partial charge in [-0.15, -0.1) is 0 Å². The van der Waals surface area contributed by atoms with E-state index in [0.717, 1.165) is 15.4 Å². The van der Waals surface area contributed by atoms with Crippen LogP contribution in [0.1, 0.15) is 11.1 Å². The van der Waals surface area contributed by atoms with Gasteiger partial charge in [-0.3, -0.25) is 4.79 Å². The SMILES string of the molecule is COc1ccc(NC(=O)CN(Cc2ccc(C)cc2)S(=O)(=O)c2ccccc2)cc1Cl. The summed E-state index contributed by atoms with van der Waals surface area (Å²) in [7, 11) is -2.39. The highest BCUT2D eigenvalue weighted by molar-refractivity contribution is 7.89. The molecule has 0 fully saturated rings. The molecule has 0 aliphatic heterocycles. The Hall–Kier alpha value is -2.87. The first-order chi connectivity index (χ1) is 14.8. The maximum absolute atomic E-state index is 13.2. The molecule has 0 heterocycles. The van der Waals surface area contributed by atoms with Crippen molar-refractivity contribution in [1.29, 1.82) is 0 Å². The minimum Gasteiger partial charge on any atom is -0.495 e. The van der Waals surface area contributed by atoms with E-state index in [0.29, 0.717) is 16.5 Å². The van der Waals surface area contributed by atoms with E-state index < -0.39 is 15.9 Å². The predicted molar refractivity (Wildman–Crippen MR) is 122 cm³/mol. The van der Waals surface area contributed by atoms with E-state index >= 15 is 0 Å². The van der Waals surface area contributed by atoms with Crippen LogP contribution in [0, 0.1) is 6.92 Å². The van der Waals surface area contributed by atoms with Crippen LogP contribution in [-0.2, 0) is 21.4 Å². The lowest BCUT2D eigenvalue weighted by molar-refractivity contribution is -0.116. The molecular weight excluding hydrogens is 436 g/mol. The van der Waals surface area contributed by atoms with Crippen molar-refractivity contribution in [3.63, 3.8) is 0 Å². The third-order valence-corrected chi connectivity index (χ3v) is 6.72. The Bertz CT molecular complexity index is 1150. The maximum Gasteiger partial charge on any atom is 0.243 e. The van der Waals surface area contributed by atoms with Crippen molar-refractivity contribution in [1.82, 2.24) is 4.31 Å². The molecule has 162 valence electrons. The predicted octanol–water partition coefficient (Wildman–Crippen LogP) is 4.49. The minimum atomic E-state index is -3.89. The number of nitrogens with zero attached hydrogens (tertiary/aromatic N) is 1. The zero-order valence-corrected chi connectivity index (χ0v) is 18.8. The van der Waals surface area contributed by atoms with Gasteiger partial charge in [0.05, 0.1) is 23.6 Å². The quantitative estimate of drug-likeness (QED) is 0.539. The Morgan fingerprint density at radius 2 is 1.71 bits per heavy atom. The van der Waals surface area contributed by atoms with Crippen molar-refractivity contribution >= 4 is 33.2 Å². The van der Waals surface area contributed by atoms with Crippen LogP contribution in [0.15, 0.2) is 77.7 Å². The summed E-state index contributed by atoms with van der Waals surface area (Å²) in [5, 5.41) is 3.04. The second kappa shape index (κ2) is 9.96. The molecule has 0 aliphatic rings.